The highest BCUT2D eigenvalue weighted by molar-refractivity contribution is 4.65. The highest BCUT2D eigenvalue weighted by Crippen LogP contribution is 2.23. The lowest BCUT2D eigenvalue weighted by Crippen LogP contribution is -2.15. The van der Waals surface area contributed by atoms with Crippen LogP contribution in [0.4, 0.5) is 0 Å². The van der Waals surface area contributed by atoms with E-state index in [9.17, 15) is 0 Å². The van der Waals surface area contributed by atoms with Gasteiger partial charge in [-0.15, -0.1) is 0 Å². The highest BCUT2D eigenvalue weighted by atomic mass is 16.5. The fourth-order valence-electron chi connectivity index (χ4n) is 2.04. The van der Waals surface area contributed by atoms with Crippen molar-refractivity contribution in [1.82, 2.24) is 4.90 Å². The van der Waals surface area contributed by atoms with E-state index in [0.717, 1.165) is 0 Å². The summed E-state index contributed by atoms with van der Waals surface area (Å²) >= 11 is 0. The lowest BCUT2D eigenvalue weighted by molar-refractivity contribution is 0.0805. The van der Waals surface area contributed by atoms with Crippen molar-refractivity contribution >= 4 is 0 Å². The van der Waals surface area contributed by atoms with Crippen LogP contribution in [0.5, 0.6) is 0 Å². The third-order valence-electron chi connectivity index (χ3n) is 3.17. The first-order valence-electron chi connectivity index (χ1n) is 7.02. The van der Waals surface area contributed by atoms with Crippen LogP contribution in [-0.2, 0) is 4.74 Å². The number of hydrogen-bond donors (Lipinski definition) is 0. The summed E-state index contributed by atoms with van der Waals surface area (Å²) in [5.74, 6) is 0. The molecule has 0 saturated carbocycles. The van der Waals surface area contributed by atoms with Gasteiger partial charge in [-0.05, 0) is 58.2 Å². The Hall–Kier alpha value is -0.0800. The van der Waals surface area contributed by atoms with Gasteiger partial charge in [0.25, 0.3) is 0 Å². The molecule has 0 spiro atoms. The molecule has 2 nitrogen and oxygen atoms in total. The fourth-order valence-corrected chi connectivity index (χ4v) is 2.04. The third-order valence-corrected chi connectivity index (χ3v) is 3.17. The molecule has 0 heterocycles. The lowest BCUT2D eigenvalue weighted by atomic mass is 9.89. The van der Waals surface area contributed by atoms with E-state index < -0.39 is 0 Å². The van der Waals surface area contributed by atoms with Crippen molar-refractivity contribution in [2.24, 2.45) is 5.41 Å². The Kier molecular flexibility index (Phi) is 8.89. The Morgan fingerprint density at radius 1 is 1.00 bits per heavy atom. The number of nitrogens with zero attached hydrogens (tertiary/aromatic N) is 1. The first-order valence-corrected chi connectivity index (χ1v) is 7.02. The van der Waals surface area contributed by atoms with Crippen molar-refractivity contribution in [2.45, 2.75) is 65.4 Å². The predicted octanol–water partition coefficient (Wildman–Crippen LogP) is 3.95. The van der Waals surface area contributed by atoms with E-state index in [1.807, 2.05) is 7.11 Å². The van der Waals surface area contributed by atoms with E-state index >= 15 is 0 Å². The van der Waals surface area contributed by atoms with Gasteiger partial charge < -0.3 is 9.64 Å². The second kappa shape index (κ2) is 8.93. The zero-order valence-electron chi connectivity index (χ0n) is 12.9. The average molecular weight is 243 g/mol. The van der Waals surface area contributed by atoms with Crippen molar-refractivity contribution in [2.75, 3.05) is 27.7 Å². The summed E-state index contributed by atoms with van der Waals surface area (Å²) in [6.45, 7) is 8.13. The fraction of sp³-hybridized carbons (Fsp3) is 1.00. The molecule has 0 aromatic rings. The standard InChI is InChI=1S/C15H33NO/c1-15(2,3)12-9-11-14(17-6)10-7-8-13-16(4)5/h14H,7-13H2,1-6H3/t14-/m0/s1. The van der Waals surface area contributed by atoms with E-state index in [0.29, 0.717) is 11.5 Å². The van der Waals surface area contributed by atoms with Gasteiger partial charge in [0.1, 0.15) is 0 Å². The molecule has 0 aliphatic rings. The minimum Gasteiger partial charge on any atom is -0.381 e. The predicted molar refractivity (Wildman–Crippen MR) is 76.5 cm³/mol. The van der Waals surface area contributed by atoms with Crippen molar-refractivity contribution in [1.29, 1.82) is 0 Å². The van der Waals surface area contributed by atoms with E-state index in [2.05, 4.69) is 39.8 Å². The zero-order chi connectivity index (χ0) is 13.3. The van der Waals surface area contributed by atoms with Crippen LogP contribution in [0.2, 0.25) is 0 Å². The van der Waals surface area contributed by atoms with Crippen molar-refractivity contribution < 1.29 is 4.74 Å². The van der Waals surface area contributed by atoms with Crippen molar-refractivity contribution in [3.8, 4) is 0 Å². The van der Waals surface area contributed by atoms with Gasteiger partial charge in [-0.3, -0.25) is 0 Å². The van der Waals surface area contributed by atoms with Gasteiger partial charge >= 0.3 is 0 Å². The number of methoxy groups -OCH3 is 1. The van der Waals surface area contributed by atoms with Crippen LogP contribution in [0, 0.1) is 5.41 Å². The van der Waals surface area contributed by atoms with E-state index in [1.54, 1.807) is 0 Å². The molecule has 0 bridgehead atoms. The highest BCUT2D eigenvalue weighted by Gasteiger charge is 2.12. The van der Waals surface area contributed by atoms with Gasteiger partial charge in [-0.2, -0.15) is 0 Å². The topological polar surface area (TPSA) is 12.5 Å². The second-order valence-corrected chi connectivity index (χ2v) is 6.61. The quantitative estimate of drug-likeness (QED) is 0.569. The summed E-state index contributed by atoms with van der Waals surface area (Å²) in [7, 11) is 6.13. The molecule has 0 aliphatic carbocycles. The SMILES string of the molecule is CO[C@@H](CCCCN(C)C)CCCC(C)(C)C. The van der Waals surface area contributed by atoms with Crippen LogP contribution in [-0.4, -0.2) is 38.8 Å². The number of hydrogen-bond acceptors (Lipinski definition) is 2. The van der Waals surface area contributed by atoms with Gasteiger partial charge in [0.05, 0.1) is 6.10 Å². The molecule has 0 saturated heterocycles. The van der Waals surface area contributed by atoms with Crippen LogP contribution in [0.25, 0.3) is 0 Å². The van der Waals surface area contributed by atoms with Crippen LogP contribution >= 0.6 is 0 Å². The maximum Gasteiger partial charge on any atom is 0.0571 e. The van der Waals surface area contributed by atoms with E-state index in [4.69, 9.17) is 4.74 Å². The largest absolute Gasteiger partial charge is 0.381 e. The Bertz CT molecular complexity index is 172. The Morgan fingerprint density at radius 2 is 1.59 bits per heavy atom. The molecule has 0 amide bonds. The van der Waals surface area contributed by atoms with Gasteiger partial charge in [-0.25, -0.2) is 0 Å². The maximum atomic E-state index is 5.56. The van der Waals surface area contributed by atoms with Crippen LogP contribution in [0.1, 0.15) is 59.3 Å². The molecule has 2 heteroatoms. The first kappa shape index (κ1) is 16.9. The van der Waals surface area contributed by atoms with Gasteiger partial charge in [0, 0.05) is 7.11 Å². The van der Waals surface area contributed by atoms with Crippen LogP contribution < -0.4 is 0 Å². The Morgan fingerprint density at radius 3 is 2.06 bits per heavy atom. The molecule has 0 radical (unpaired) electrons. The van der Waals surface area contributed by atoms with Crippen LogP contribution in [0.3, 0.4) is 0 Å². The molecule has 0 rings (SSSR count). The summed E-state index contributed by atoms with van der Waals surface area (Å²) < 4.78 is 5.56. The monoisotopic (exact) mass is 243 g/mol. The molecule has 0 unspecified atom stereocenters. The molecule has 0 aliphatic heterocycles. The minimum atomic E-state index is 0.462. The minimum absolute atomic E-state index is 0.462. The normalized spacial score (nSPS) is 14.3. The summed E-state index contributed by atoms with van der Waals surface area (Å²) in [4.78, 5) is 2.25. The first-order chi connectivity index (χ1) is 7.85. The average Bonchev–Trinajstić information content (AvgIpc) is 2.19. The molecular weight excluding hydrogens is 210 g/mol. The Labute approximate surface area is 109 Å². The molecule has 0 N–H and O–H groups in total. The summed E-state index contributed by atoms with van der Waals surface area (Å²) in [5, 5.41) is 0. The van der Waals surface area contributed by atoms with Crippen molar-refractivity contribution in [3.05, 3.63) is 0 Å². The zero-order valence-corrected chi connectivity index (χ0v) is 12.9. The Balaban J connectivity index is 3.56. The van der Waals surface area contributed by atoms with Gasteiger partial charge in [0.15, 0.2) is 0 Å². The lowest BCUT2D eigenvalue weighted by Gasteiger charge is -2.20. The summed E-state index contributed by atoms with van der Waals surface area (Å²) in [5.41, 5.74) is 0.462. The molecule has 0 aromatic carbocycles. The smallest absolute Gasteiger partial charge is 0.0571 e. The van der Waals surface area contributed by atoms with E-state index in [1.165, 1.54) is 45.1 Å². The molecule has 104 valence electrons. The molecular formula is C15H33NO. The maximum absolute atomic E-state index is 5.56. The second-order valence-electron chi connectivity index (χ2n) is 6.61. The van der Waals surface area contributed by atoms with Gasteiger partial charge in [0.2, 0.25) is 0 Å². The number of unbranched alkanes of at least 4 members (excludes halogenated alkanes) is 1. The molecule has 1 atom stereocenters. The molecule has 0 aromatic heterocycles. The number of rotatable bonds is 9. The third kappa shape index (κ3) is 12.2. The number of ether oxygens (including phenoxy) is 1. The summed E-state index contributed by atoms with van der Waals surface area (Å²) in [6, 6.07) is 0. The molecule has 0 fully saturated rings. The summed E-state index contributed by atoms with van der Waals surface area (Å²) in [6.07, 6.45) is 8.06. The van der Waals surface area contributed by atoms with Crippen LogP contribution in [0.15, 0.2) is 0 Å². The van der Waals surface area contributed by atoms with Crippen molar-refractivity contribution in [3.63, 3.8) is 0 Å². The van der Waals surface area contributed by atoms with E-state index in [-0.39, 0.29) is 0 Å². The molecule has 17 heavy (non-hydrogen) atoms. The van der Waals surface area contributed by atoms with Gasteiger partial charge in [-0.1, -0.05) is 27.2 Å².